The number of hydrogen-bond acceptors (Lipinski definition) is 4. The monoisotopic (exact) mass is 502 g/mol. The van der Waals surface area contributed by atoms with Gasteiger partial charge >= 0.3 is 18.2 Å². The number of carboxylic acid groups (broad SMARTS) is 1. The Morgan fingerprint density at radius 1 is 0.917 bits per heavy atom. The number of alkyl halides is 3. The summed E-state index contributed by atoms with van der Waals surface area (Å²) in [7, 11) is 1.97. The number of aryl methyl sites for hydroxylation is 1. The van der Waals surface area contributed by atoms with Crippen LogP contribution < -0.4 is 15.5 Å². The first-order valence-corrected chi connectivity index (χ1v) is 10.9. The largest absolute Gasteiger partial charge is 0.490 e. The predicted molar refractivity (Wildman–Crippen MR) is 135 cm³/mol. The minimum Gasteiger partial charge on any atom is -0.475 e. The van der Waals surface area contributed by atoms with E-state index in [0.29, 0.717) is 11.5 Å². The van der Waals surface area contributed by atoms with Crippen LogP contribution in [0.4, 0.5) is 40.8 Å². The predicted octanol–water partition coefficient (Wildman–Crippen LogP) is 6.73. The molecule has 0 unspecified atom stereocenters. The topological polar surface area (TPSA) is 94.6 Å². The Kier molecular flexibility index (Phi) is 9.05. The molecule has 192 valence electrons. The Labute approximate surface area is 208 Å². The third-order valence-electron chi connectivity index (χ3n) is 4.98. The molecule has 0 aliphatic heterocycles. The van der Waals surface area contributed by atoms with Gasteiger partial charge in [0, 0.05) is 24.6 Å². The van der Waals surface area contributed by atoms with Crippen LogP contribution in [0.15, 0.2) is 66.9 Å². The molecule has 0 atom stereocenters. The molecule has 7 nitrogen and oxygen atoms in total. The van der Waals surface area contributed by atoms with E-state index in [2.05, 4.69) is 48.5 Å². The van der Waals surface area contributed by atoms with Crippen molar-refractivity contribution < 1.29 is 27.9 Å². The van der Waals surface area contributed by atoms with Crippen molar-refractivity contribution in [3.05, 3.63) is 78.0 Å². The average molecular weight is 503 g/mol. The number of hydrogen-bond donors (Lipinski definition) is 3. The zero-order chi connectivity index (χ0) is 27.1. The van der Waals surface area contributed by atoms with E-state index in [0.717, 1.165) is 16.9 Å². The van der Waals surface area contributed by atoms with Crippen LogP contribution in [0.3, 0.4) is 0 Å². The first kappa shape index (κ1) is 28.2. The molecule has 0 saturated heterocycles. The fraction of sp³-hybridized carbons (Fsp3) is 0.269. The van der Waals surface area contributed by atoms with Crippen LogP contribution in [0, 0.1) is 6.92 Å². The van der Waals surface area contributed by atoms with Gasteiger partial charge in [-0.15, -0.1) is 0 Å². The van der Waals surface area contributed by atoms with E-state index in [4.69, 9.17) is 9.90 Å². The number of rotatable bonds is 4. The van der Waals surface area contributed by atoms with Gasteiger partial charge in [0.05, 0.1) is 5.69 Å². The molecule has 0 bridgehead atoms. The summed E-state index contributed by atoms with van der Waals surface area (Å²) in [4.78, 5) is 28.0. The molecule has 0 fully saturated rings. The van der Waals surface area contributed by atoms with Crippen molar-refractivity contribution in [3.8, 4) is 0 Å². The van der Waals surface area contributed by atoms with Crippen molar-refractivity contribution in [3.63, 3.8) is 0 Å². The van der Waals surface area contributed by atoms with E-state index in [1.807, 2.05) is 67.4 Å². The van der Waals surface area contributed by atoms with Gasteiger partial charge in [0.15, 0.2) is 5.82 Å². The molecule has 3 rings (SSSR count). The highest BCUT2D eigenvalue weighted by molar-refractivity contribution is 6.01. The van der Waals surface area contributed by atoms with Crippen molar-refractivity contribution in [2.45, 2.75) is 39.3 Å². The molecule has 0 saturated carbocycles. The van der Waals surface area contributed by atoms with E-state index in [9.17, 15) is 18.0 Å². The Balaban J connectivity index is 0.000000572. The van der Waals surface area contributed by atoms with Gasteiger partial charge in [-0.3, -0.25) is 0 Å². The second-order valence-electron chi connectivity index (χ2n) is 8.95. The number of halogens is 3. The van der Waals surface area contributed by atoms with Gasteiger partial charge in [0.25, 0.3) is 0 Å². The lowest BCUT2D eigenvalue weighted by molar-refractivity contribution is -0.192. The highest BCUT2D eigenvalue weighted by Gasteiger charge is 2.38. The van der Waals surface area contributed by atoms with Crippen LogP contribution in [0.1, 0.15) is 31.9 Å². The average Bonchev–Trinajstić information content (AvgIpc) is 2.80. The number of carboxylic acids is 1. The number of para-hydroxylation sites is 1. The van der Waals surface area contributed by atoms with Crippen molar-refractivity contribution in [2.24, 2.45) is 0 Å². The first-order chi connectivity index (χ1) is 16.7. The van der Waals surface area contributed by atoms with Crippen LogP contribution in [0.2, 0.25) is 0 Å². The summed E-state index contributed by atoms with van der Waals surface area (Å²) in [6, 6.07) is 19.3. The third-order valence-corrected chi connectivity index (χ3v) is 4.98. The van der Waals surface area contributed by atoms with Crippen molar-refractivity contribution in [1.29, 1.82) is 0 Å². The molecule has 2 amide bonds. The van der Waals surface area contributed by atoms with E-state index >= 15 is 0 Å². The van der Waals surface area contributed by atoms with Crippen LogP contribution in [-0.2, 0) is 10.2 Å². The van der Waals surface area contributed by atoms with E-state index < -0.39 is 12.1 Å². The SMILES string of the molecule is Cc1ccc(NC(=O)Nc2cccnc2N(C)c2ccccc2C(C)(C)C)cc1.O=C(O)C(F)(F)F. The molecule has 0 aliphatic rings. The van der Waals surface area contributed by atoms with Crippen molar-refractivity contribution in [1.82, 2.24) is 4.98 Å². The lowest BCUT2D eigenvalue weighted by atomic mass is 9.85. The molecular weight excluding hydrogens is 473 g/mol. The highest BCUT2D eigenvalue weighted by Crippen LogP contribution is 2.36. The van der Waals surface area contributed by atoms with Crippen molar-refractivity contribution in [2.75, 3.05) is 22.6 Å². The van der Waals surface area contributed by atoms with E-state index in [-0.39, 0.29) is 11.4 Å². The number of aliphatic carboxylic acids is 1. The van der Waals surface area contributed by atoms with Gasteiger partial charge in [-0.1, -0.05) is 56.7 Å². The number of aromatic nitrogens is 1. The number of carbonyl (C=O) groups is 2. The maximum Gasteiger partial charge on any atom is 0.490 e. The number of benzene rings is 2. The fourth-order valence-electron chi connectivity index (χ4n) is 3.20. The molecule has 3 aromatic rings. The van der Waals surface area contributed by atoms with Gasteiger partial charge in [0.1, 0.15) is 0 Å². The summed E-state index contributed by atoms with van der Waals surface area (Å²) in [5.74, 6) is -2.07. The summed E-state index contributed by atoms with van der Waals surface area (Å²) in [5.41, 5.74) is 4.78. The van der Waals surface area contributed by atoms with Gasteiger partial charge < -0.3 is 20.6 Å². The molecule has 36 heavy (non-hydrogen) atoms. The van der Waals surface area contributed by atoms with Crippen molar-refractivity contribution >= 4 is 34.9 Å². The number of nitrogens with one attached hydrogen (secondary N) is 2. The number of urea groups is 1. The summed E-state index contributed by atoms with van der Waals surface area (Å²) in [5, 5.41) is 12.9. The Morgan fingerprint density at radius 2 is 1.50 bits per heavy atom. The smallest absolute Gasteiger partial charge is 0.475 e. The standard InChI is InChI=1S/C24H28N4O.C2HF3O2/c1-17-12-14-18(15-13-17)26-23(29)27-20-10-8-16-25-22(20)28(5)21-11-7-6-9-19(21)24(2,3)4;3-2(4,5)1(6)7/h6-16H,1-5H3,(H2,26,27,29);(H,6,7). The summed E-state index contributed by atoms with van der Waals surface area (Å²) >= 11 is 0. The zero-order valence-corrected chi connectivity index (χ0v) is 20.6. The molecule has 0 aliphatic carbocycles. The van der Waals surface area contributed by atoms with Crippen LogP contribution in [-0.4, -0.2) is 35.3 Å². The number of amides is 2. The van der Waals surface area contributed by atoms with Crippen LogP contribution in [0.25, 0.3) is 0 Å². The number of anilines is 4. The highest BCUT2D eigenvalue weighted by atomic mass is 19.4. The van der Waals surface area contributed by atoms with Gasteiger partial charge in [-0.2, -0.15) is 13.2 Å². The maximum atomic E-state index is 12.5. The molecule has 10 heteroatoms. The number of carbonyl (C=O) groups excluding carboxylic acids is 1. The lowest BCUT2D eigenvalue weighted by Gasteiger charge is -2.29. The Morgan fingerprint density at radius 3 is 2.06 bits per heavy atom. The summed E-state index contributed by atoms with van der Waals surface area (Å²) < 4.78 is 31.7. The zero-order valence-electron chi connectivity index (χ0n) is 20.6. The quantitative estimate of drug-likeness (QED) is 0.368. The van der Waals surface area contributed by atoms with Gasteiger partial charge in [-0.05, 0) is 48.2 Å². The van der Waals surface area contributed by atoms with Gasteiger partial charge in [-0.25, -0.2) is 14.6 Å². The van der Waals surface area contributed by atoms with Crippen LogP contribution >= 0.6 is 0 Å². The Hall–Kier alpha value is -4.08. The fourth-order valence-corrected chi connectivity index (χ4v) is 3.20. The second kappa shape index (κ2) is 11.6. The molecular formula is C26H29F3N4O3. The van der Waals surface area contributed by atoms with Gasteiger partial charge in [0.2, 0.25) is 0 Å². The Bertz CT molecular complexity index is 1190. The molecule has 1 heterocycles. The molecule has 1 aromatic heterocycles. The minimum absolute atomic E-state index is 0.0178. The summed E-state index contributed by atoms with van der Waals surface area (Å²) in [6.07, 6.45) is -3.35. The maximum absolute atomic E-state index is 12.5. The second-order valence-corrected chi connectivity index (χ2v) is 8.95. The normalized spacial score (nSPS) is 11.1. The molecule has 3 N–H and O–H groups in total. The summed E-state index contributed by atoms with van der Waals surface area (Å²) in [6.45, 7) is 8.57. The first-order valence-electron chi connectivity index (χ1n) is 10.9. The van der Waals surface area contributed by atoms with E-state index in [1.54, 1.807) is 6.20 Å². The minimum atomic E-state index is -5.08. The molecule has 0 spiro atoms. The van der Waals surface area contributed by atoms with E-state index in [1.165, 1.54) is 5.56 Å². The molecule has 0 radical (unpaired) electrons. The third kappa shape index (κ3) is 8.00. The number of nitrogens with zero attached hydrogens (tertiary/aromatic N) is 2. The van der Waals surface area contributed by atoms with Crippen LogP contribution in [0.5, 0.6) is 0 Å². The number of pyridine rings is 1. The lowest BCUT2D eigenvalue weighted by Crippen LogP contribution is -2.23. The molecule has 2 aromatic carbocycles.